The van der Waals surface area contributed by atoms with Crippen molar-refractivity contribution in [3.8, 4) is 0 Å². The van der Waals surface area contributed by atoms with Gasteiger partial charge in [0.2, 0.25) is 0 Å². The van der Waals surface area contributed by atoms with Gasteiger partial charge in [0, 0.05) is 28.4 Å². The molecule has 1 amide bonds. The summed E-state index contributed by atoms with van der Waals surface area (Å²) in [6.07, 6.45) is -0.361. The molecule has 0 aromatic heterocycles. The zero-order valence-corrected chi connectivity index (χ0v) is 11.8. The average Bonchev–Trinajstić information content (AvgIpc) is 2.48. The first-order valence-electron chi connectivity index (χ1n) is 6.61. The van der Waals surface area contributed by atoms with Gasteiger partial charge in [-0.05, 0) is 48.9 Å². The van der Waals surface area contributed by atoms with Crippen LogP contribution in [0, 0.1) is 5.82 Å². The van der Waals surface area contributed by atoms with Gasteiger partial charge in [0.1, 0.15) is 5.82 Å². The number of nitrogens with zero attached hydrogens (tertiary/aromatic N) is 1. The van der Waals surface area contributed by atoms with Crippen LogP contribution >= 0.6 is 11.6 Å². The third-order valence-corrected chi connectivity index (χ3v) is 3.85. The second-order valence-corrected chi connectivity index (χ2v) is 5.41. The zero-order valence-electron chi connectivity index (χ0n) is 11.1. The smallest absolute Gasteiger partial charge is 0.258 e. The number of fused-ring (bicyclic) bond motifs is 1. The van der Waals surface area contributed by atoms with Gasteiger partial charge < -0.3 is 10.0 Å². The lowest BCUT2D eigenvalue weighted by atomic mass is 9.98. The molecule has 1 unspecified atom stereocenters. The second-order valence-electron chi connectivity index (χ2n) is 4.97. The quantitative estimate of drug-likeness (QED) is 0.875. The number of rotatable bonds is 1. The molecule has 0 saturated carbocycles. The van der Waals surface area contributed by atoms with Crippen LogP contribution in [-0.2, 0) is 0 Å². The molecule has 0 saturated heterocycles. The maximum Gasteiger partial charge on any atom is 0.258 e. The minimum atomic E-state index is -0.745. The number of hydrogen-bond donors (Lipinski definition) is 1. The van der Waals surface area contributed by atoms with Gasteiger partial charge in [-0.1, -0.05) is 11.6 Å². The molecule has 0 spiro atoms. The predicted octanol–water partition coefficient (Wildman–Crippen LogP) is 3.56. The Kier molecular flexibility index (Phi) is 3.66. The van der Waals surface area contributed by atoms with E-state index in [-0.39, 0.29) is 5.91 Å². The Bertz CT molecular complexity index is 687. The van der Waals surface area contributed by atoms with Crippen molar-refractivity contribution in [1.29, 1.82) is 0 Å². The van der Waals surface area contributed by atoms with E-state index in [4.69, 9.17) is 11.6 Å². The second kappa shape index (κ2) is 5.47. The van der Waals surface area contributed by atoms with Crippen LogP contribution in [0.15, 0.2) is 42.5 Å². The first-order valence-corrected chi connectivity index (χ1v) is 6.99. The molecule has 0 bridgehead atoms. The van der Waals surface area contributed by atoms with Crippen LogP contribution in [0.1, 0.15) is 28.4 Å². The molecule has 1 N–H and O–H groups in total. The van der Waals surface area contributed by atoms with Gasteiger partial charge >= 0.3 is 0 Å². The summed E-state index contributed by atoms with van der Waals surface area (Å²) in [4.78, 5) is 14.1. The maximum atomic E-state index is 13.3. The molecule has 1 aliphatic heterocycles. The van der Waals surface area contributed by atoms with Gasteiger partial charge in [-0.3, -0.25) is 4.79 Å². The summed E-state index contributed by atoms with van der Waals surface area (Å²) >= 11 is 5.82. The first kappa shape index (κ1) is 14.0. The Morgan fingerprint density at radius 2 is 1.95 bits per heavy atom. The molecule has 108 valence electrons. The maximum absolute atomic E-state index is 13.3. The number of amides is 1. The lowest BCUT2D eigenvalue weighted by Crippen LogP contribution is -2.36. The lowest BCUT2D eigenvalue weighted by molar-refractivity contribution is 0.0970. The summed E-state index contributed by atoms with van der Waals surface area (Å²) in [6, 6.07) is 10.7. The van der Waals surface area contributed by atoms with Crippen molar-refractivity contribution in [2.45, 2.75) is 12.5 Å². The van der Waals surface area contributed by atoms with E-state index in [1.54, 1.807) is 29.2 Å². The van der Waals surface area contributed by atoms with Crippen molar-refractivity contribution >= 4 is 23.2 Å². The zero-order chi connectivity index (χ0) is 15.0. The van der Waals surface area contributed by atoms with Crippen LogP contribution in [-0.4, -0.2) is 17.6 Å². The molecule has 0 radical (unpaired) electrons. The highest BCUT2D eigenvalue weighted by Gasteiger charge is 2.28. The third-order valence-electron chi connectivity index (χ3n) is 3.60. The van der Waals surface area contributed by atoms with E-state index in [0.717, 1.165) is 0 Å². The van der Waals surface area contributed by atoms with Crippen LogP contribution in [0.4, 0.5) is 10.1 Å². The third kappa shape index (κ3) is 2.64. The van der Waals surface area contributed by atoms with Crippen LogP contribution in [0.2, 0.25) is 5.02 Å². The Morgan fingerprint density at radius 3 is 2.67 bits per heavy atom. The van der Waals surface area contributed by atoms with Crippen LogP contribution in [0.5, 0.6) is 0 Å². The van der Waals surface area contributed by atoms with Crippen LogP contribution in [0.3, 0.4) is 0 Å². The number of anilines is 1. The Balaban J connectivity index is 1.99. The summed E-state index contributed by atoms with van der Waals surface area (Å²) in [5.74, 6) is -0.611. The van der Waals surface area contributed by atoms with Gasteiger partial charge in [-0.2, -0.15) is 0 Å². The van der Waals surface area contributed by atoms with E-state index in [1.165, 1.54) is 18.2 Å². The molecule has 21 heavy (non-hydrogen) atoms. The number of aliphatic hydroxyl groups excluding tert-OH is 1. The first-order chi connectivity index (χ1) is 10.1. The van der Waals surface area contributed by atoms with Crippen molar-refractivity contribution in [2.75, 3.05) is 11.4 Å². The van der Waals surface area contributed by atoms with Crippen molar-refractivity contribution in [1.82, 2.24) is 0 Å². The number of hydrogen-bond acceptors (Lipinski definition) is 2. The lowest BCUT2D eigenvalue weighted by Gasteiger charge is -2.32. The Labute approximate surface area is 126 Å². The predicted molar refractivity (Wildman–Crippen MR) is 79.1 cm³/mol. The van der Waals surface area contributed by atoms with Crippen LogP contribution in [0.25, 0.3) is 0 Å². The van der Waals surface area contributed by atoms with E-state index in [2.05, 4.69) is 0 Å². The summed E-state index contributed by atoms with van der Waals surface area (Å²) < 4.78 is 13.3. The minimum Gasteiger partial charge on any atom is -0.388 e. The van der Waals surface area contributed by atoms with Gasteiger partial charge in [-0.15, -0.1) is 0 Å². The van der Waals surface area contributed by atoms with Crippen molar-refractivity contribution in [3.63, 3.8) is 0 Å². The molecule has 0 aliphatic carbocycles. The molecule has 2 aromatic rings. The SMILES string of the molecule is O=C(c1ccc(Cl)cc1)N1CCC(O)c2cc(F)ccc21. The summed E-state index contributed by atoms with van der Waals surface area (Å²) in [7, 11) is 0. The summed E-state index contributed by atoms with van der Waals surface area (Å²) in [5.41, 5.74) is 1.50. The molecular weight excluding hydrogens is 293 g/mol. The van der Waals surface area contributed by atoms with Crippen LogP contribution < -0.4 is 4.90 Å². The van der Waals surface area contributed by atoms with Crippen molar-refractivity contribution in [2.24, 2.45) is 0 Å². The Hall–Kier alpha value is -1.91. The highest BCUT2D eigenvalue weighted by molar-refractivity contribution is 6.30. The molecular formula is C16H13ClFNO2. The van der Waals surface area contributed by atoms with Gasteiger partial charge in [0.05, 0.1) is 6.10 Å². The molecule has 3 rings (SSSR count). The minimum absolute atomic E-state index is 0.188. The van der Waals surface area contributed by atoms with Gasteiger partial charge in [0.25, 0.3) is 5.91 Å². The highest BCUT2D eigenvalue weighted by atomic mass is 35.5. The van der Waals surface area contributed by atoms with E-state index in [9.17, 15) is 14.3 Å². The monoisotopic (exact) mass is 305 g/mol. The number of carbonyl (C=O) groups excluding carboxylic acids is 1. The van der Waals surface area contributed by atoms with E-state index >= 15 is 0 Å². The van der Waals surface area contributed by atoms with Gasteiger partial charge in [-0.25, -0.2) is 4.39 Å². The summed E-state index contributed by atoms with van der Waals surface area (Å²) in [5, 5.41) is 10.5. The normalized spacial score (nSPS) is 17.5. The largest absolute Gasteiger partial charge is 0.388 e. The molecule has 5 heteroatoms. The van der Waals surface area contributed by atoms with Crippen molar-refractivity contribution in [3.05, 3.63) is 64.4 Å². The van der Waals surface area contributed by atoms with E-state index in [0.29, 0.717) is 34.8 Å². The fourth-order valence-corrected chi connectivity index (χ4v) is 2.65. The number of halogens is 2. The van der Waals surface area contributed by atoms with E-state index < -0.39 is 11.9 Å². The molecule has 1 aliphatic rings. The number of aliphatic hydroxyl groups is 1. The fourth-order valence-electron chi connectivity index (χ4n) is 2.52. The molecule has 0 fully saturated rings. The molecule has 1 heterocycles. The van der Waals surface area contributed by atoms with E-state index in [1.807, 2.05) is 0 Å². The standard InChI is InChI=1S/C16H13ClFNO2/c17-11-3-1-10(2-4-11)16(21)19-8-7-15(20)13-9-12(18)5-6-14(13)19/h1-6,9,15,20H,7-8H2. The fraction of sp³-hybridized carbons (Fsp3) is 0.188. The number of benzene rings is 2. The molecule has 2 aromatic carbocycles. The number of carbonyl (C=O) groups is 1. The van der Waals surface area contributed by atoms with Gasteiger partial charge in [0.15, 0.2) is 0 Å². The van der Waals surface area contributed by atoms with Crippen molar-refractivity contribution < 1.29 is 14.3 Å². The highest BCUT2D eigenvalue weighted by Crippen LogP contribution is 2.35. The average molecular weight is 306 g/mol. The topological polar surface area (TPSA) is 40.5 Å². The molecule has 3 nitrogen and oxygen atoms in total. The summed E-state index contributed by atoms with van der Waals surface area (Å²) in [6.45, 7) is 0.390. The molecule has 1 atom stereocenters. The Morgan fingerprint density at radius 1 is 1.24 bits per heavy atom.